The highest BCUT2D eigenvalue weighted by atomic mass is 16.5. The minimum atomic E-state index is 0.728. The molecule has 0 N–H and O–H groups in total. The molecule has 2 aliphatic rings. The summed E-state index contributed by atoms with van der Waals surface area (Å²) in [7, 11) is 3.88. The van der Waals surface area contributed by atoms with Crippen molar-refractivity contribution < 1.29 is 4.74 Å². The Morgan fingerprint density at radius 3 is 2.26 bits per heavy atom. The first-order valence-corrected chi connectivity index (χ1v) is 9.51. The Morgan fingerprint density at radius 1 is 0.852 bits per heavy atom. The van der Waals surface area contributed by atoms with Crippen LogP contribution in [0.3, 0.4) is 0 Å². The maximum atomic E-state index is 5.50. The fourth-order valence-corrected chi connectivity index (χ4v) is 3.65. The minimum absolute atomic E-state index is 0.728. The van der Waals surface area contributed by atoms with E-state index in [0.29, 0.717) is 0 Å². The van der Waals surface area contributed by atoms with Gasteiger partial charge in [0.25, 0.3) is 0 Å². The van der Waals surface area contributed by atoms with Gasteiger partial charge < -0.3 is 24.3 Å². The fourth-order valence-electron chi connectivity index (χ4n) is 3.65. The second-order valence-corrected chi connectivity index (χ2v) is 7.05. The van der Waals surface area contributed by atoms with Crippen LogP contribution in [0.15, 0.2) is 30.5 Å². The molecule has 144 valence electrons. The van der Waals surface area contributed by atoms with E-state index in [2.05, 4.69) is 49.0 Å². The van der Waals surface area contributed by atoms with Crippen molar-refractivity contribution in [2.24, 2.45) is 0 Å². The third-order valence-corrected chi connectivity index (χ3v) is 5.35. The van der Waals surface area contributed by atoms with Gasteiger partial charge in [0.1, 0.15) is 5.75 Å². The van der Waals surface area contributed by atoms with Crippen LogP contribution in [-0.2, 0) is 0 Å². The lowest BCUT2D eigenvalue weighted by atomic mass is 10.2. The van der Waals surface area contributed by atoms with Crippen LogP contribution in [0, 0.1) is 0 Å². The van der Waals surface area contributed by atoms with Crippen LogP contribution in [0.5, 0.6) is 5.75 Å². The van der Waals surface area contributed by atoms with E-state index >= 15 is 0 Å². The molecular weight excluding hydrogens is 342 g/mol. The molecular formula is C19H27N7O. The number of nitrogens with zero attached hydrogens (tertiary/aromatic N) is 7. The molecule has 2 aliphatic heterocycles. The van der Waals surface area contributed by atoms with Crippen molar-refractivity contribution in [2.45, 2.75) is 0 Å². The molecule has 0 spiro atoms. The maximum absolute atomic E-state index is 5.50. The van der Waals surface area contributed by atoms with Gasteiger partial charge in [-0.05, 0) is 19.2 Å². The first-order valence-electron chi connectivity index (χ1n) is 9.51. The monoisotopic (exact) mass is 369 g/mol. The summed E-state index contributed by atoms with van der Waals surface area (Å²) in [6.45, 7) is 7.61. The molecule has 3 heterocycles. The first-order chi connectivity index (χ1) is 13.2. The molecule has 0 unspecified atom stereocenters. The van der Waals surface area contributed by atoms with Crippen LogP contribution in [0.2, 0.25) is 0 Å². The second-order valence-electron chi connectivity index (χ2n) is 7.05. The maximum Gasteiger partial charge on any atom is 0.247 e. The number of anilines is 3. The molecule has 1 aromatic heterocycles. The highest BCUT2D eigenvalue weighted by Crippen LogP contribution is 2.28. The normalized spacial score (nSPS) is 18.7. The number of methoxy groups -OCH3 is 1. The van der Waals surface area contributed by atoms with Crippen LogP contribution in [0.1, 0.15) is 0 Å². The predicted octanol–water partition coefficient (Wildman–Crippen LogP) is 0.959. The van der Waals surface area contributed by atoms with Gasteiger partial charge in [-0.2, -0.15) is 10.1 Å². The molecule has 8 heteroatoms. The summed E-state index contributed by atoms with van der Waals surface area (Å²) in [5.41, 5.74) is 1.14. The molecule has 2 saturated heterocycles. The summed E-state index contributed by atoms with van der Waals surface area (Å²) in [6.07, 6.45) is 1.78. The highest BCUT2D eigenvalue weighted by Gasteiger charge is 2.23. The Labute approximate surface area is 160 Å². The van der Waals surface area contributed by atoms with Gasteiger partial charge in [0.15, 0.2) is 5.82 Å². The first kappa shape index (κ1) is 17.8. The summed E-state index contributed by atoms with van der Waals surface area (Å²) < 4.78 is 5.50. The lowest BCUT2D eigenvalue weighted by Gasteiger charge is -2.37. The number of benzene rings is 1. The number of aromatic nitrogens is 3. The van der Waals surface area contributed by atoms with Gasteiger partial charge in [-0.25, -0.2) is 0 Å². The van der Waals surface area contributed by atoms with Gasteiger partial charge in [-0.3, -0.25) is 0 Å². The lowest BCUT2D eigenvalue weighted by Crippen LogP contribution is -2.48. The molecule has 0 saturated carbocycles. The van der Waals surface area contributed by atoms with E-state index in [0.717, 1.165) is 75.6 Å². The minimum Gasteiger partial charge on any atom is -0.495 e. The number of para-hydroxylation sites is 2. The van der Waals surface area contributed by atoms with E-state index in [1.807, 2.05) is 12.1 Å². The molecule has 4 rings (SSSR count). The average Bonchev–Trinajstić information content (AvgIpc) is 2.74. The summed E-state index contributed by atoms with van der Waals surface area (Å²) in [5, 5.41) is 8.50. The Kier molecular flexibility index (Phi) is 5.24. The lowest BCUT2D eigenvalue weighted by molar-refractivity contribution is 0.312. The Balaban J connectivity index is 1.42. The number of piperazine rings is 2. The van der Waals surface area contributed by atoms with E-state index in [1.54, 1.807) is 13.3 Å². The van der Waals surface area contributed by atoms with Crippen LogP contribution in [-0.4, -0.2) is 86.6 Å². The summed E-state index contributed by atoms with van der Waals surface area (Å²) in [6, 6.07) is 8.17. The highest BCUT2D eigenvalue weighted by molar-refractivity contribution is 5.59. The fraction of sp³-hybridized carbons (Fsp3) is 0.526. The molecule has 0 amide bonds. The number of rotatable bonds is 4. The van der Waals surface area contributed by atoms with E-state index < -0.39 is 0 Å². The zero-order chi connectivity index (χ0) is 18.6. The van der Waals surface area contributed by atoms with Gasteiger partial charge in [0.05, 0.1) is 19.0 Å². The molecule has 0 aliphatic carbocycles. The van der Waals surface area contributed by atoms with Crippen molar-refractivity contribution in [2.75, 3.05) is 81.2 Å². The second kappa shape index (κ2) is 7.96. The molecule has 8 nitrogen and oxygen atoms in total. The summed E-state index contributed by atoms with van der Waals surface area (Å²) >= 11 is 0. The van der Waals surface area contributed by atoms with Crippen LogP contribution in [0.25, 0.3) is 0 Å². The zero-order valence-electron chi connectivity index (χ0n) is 16.1. The van der Waals surface area contributed by atoms with Crippen molar-refractivity contribution in [3.8, 4) is 5.75 Å². The van der Waals surface area contributed by atoms with E-state index in [1.165, 1.54) is 0 Å². The number of hydrogen-bond acceptors (Lipinski definition) is 8. The molecule has 27 heavy (non-hydrogen) atoms. The van der Waals surface area contributed by atoms with Gasteiger partial charge >= 0.3 is 0 Å². The van der Waals surface area contributed by atoms with Crippen molar-refractivity contribution in [1.29, 1.82) is 0 Å². The third-order valence-electron chi connectivity index (χ3n) is 5.35. The molecule has 2 aromatic rings. The summed E-state index contributed by atoms with van der Waals surface area (Å²) in [5.74, 6) is 2.58. The van der Waals surface area contributed by atoms with Crippen LogP contribution in [0.4, 0.5) is 17.5 Å². The summed E-state index contributed by atoms with van der Waals surface area (Å²) in [4.78, 5) is 14.0. The topological polar surface area (TPSA) is 60.9 Å². The van der Waals surface area contributed by atoms with Crippen LogP contribution >= 0.6 is 0 Å². The number of likely N-dealkylation sites (N-methyl/N-ethyl adjacent to an activating group) is 1. The smallest absolute Gasteiger partial charge is 0.247 e. The molecule has 0 atom stereocenters. The number of hydrogen-bond donors (Lipinski definition) is 0. The predicted molar refractivity (Wildman–Crippen MR) is 107 cm³/mol. The Hall–Kier alpha value is -2.61. The van der Waals surface area contributed by atoms with E-state index in [4.69, 9.17) is 9.72 Å². The van der Waals surface area contributed by atoms with Crippen molar-refractivity contribution in [3.05, 3.63) is 30.5 Å². The largest absolute Gasteiger partial charge is 0.495 e. The average molecular weight is 369 g/mol. The Morgan fingerprint density at radius 2 is 1.52 bits per heavy atom. The SMILES string of the molecule is COc1ccccc1N1CCN(c2nncc(N3CCN(C)CC3)n2)CC1. The number of ether oxygens (including phenoxy) is 1. The van der Waals surface area contributed by atoms with Crippen molar-refractivity contribution >= 4 is 17.5 Å². The molecule has 1 aromatic carbocycles. The molecule has 2 fully saturated rings. The Bertz CT molecular complexity index is 755. The zero-order valence-corrected chi connectivity index (χ0v) is 16.1. The van der Waals surface area contributed by atoms with Crippen molar-refractivity contribution in [1.82, 2.24) is 20.1 Å². The van der Waals surface area contributed by atoms with Gasteiger partial charge in [0, 0.05) is 52.4 Å². The van der Waals surface area contributed by atoms with Gasteiger partial charge in [0.2, 0.25) is 5.95 Å². The van der Waals surface area contributed by atoms with E-state index in [9.17, 15) is 0 Å². The van der Waals surface area contributed by atoms with E-state index in [-0.39, 0.29) is 0 Å². The van der Waals surface area contributed by atoms with Gasteiger partial charge in [-0.1, -0.05) is 12.1 Å². The van der Waals surface area contributed by atoms with Gasteiger partial charge in [-0.15, -0.1) is 5.10 Å². The van der Waals surface area contributed by atoms with Crippen molar-refractivity contribution in [3.63, 3.8) is 0 Å². The quantitative estimate of drug-likeness (QED) is 0.790. The third kappa shape index (κ3) is 3.90. The standard InChI is InChI=1S/C19H27N7O/c1-23-7-9-25(10-8-23)18-15-20-22-19(21-18)26-13-11-24(12-14-26)16-5-3-4-6-17(16)27-2/h3-6,15H,7-14H2,1-2H3. The molecule has 0 radical (unpaired) electrons. The van der Waals surface area contributed by atoms with Crippen LogP contribution < -0.4 is 19.4 Å². The molecule has 0 bridgehead atoms.